The number of cyclic esters (lactones) is 2. The van der Waals surface area contributed by atoms with Crippen LogP contribution in [0.2, 0.25) is 0 Å². The number of hydrogen-bond acceptors (Lipinski definition) is 21. The minimum absolute atomic E-state index is 0. The van der Waals surface area contributed by atoms with E-state index in [0.717, 1.165) is 118 Å². The molecular weight excluding hydrogens is 1810 g/mol. The lowest BCUT2D eigenvalue weighted by Gasteiger charge is -2.31. The Morgan fingerprint density at radius 1 is 0.496 bits per heavy atom. The van der Waals surface area contributed by atoms with Crippen LogP contribution in [-0.2, 0) is 78.3 Å². The molecular formula is C92H92F12N8O19S2. The maximum atomic E-state index is 14.4. The van der Waals surface area contributed by atoms with E-state index in [2.05, 4.69) is 60.9 Å². The van der Waals surface area contributed by atoms with E-state index in [1.807, 2.05) is 85.8 Å². The number of nitrogens with two attached hydrogens (primary N) is 1. The topological polar surface area (TPSA) is 432 Å². The molecule has 6 unspecified atom stereocenters. The van der Waals surface area contributed by atoms with Crippen molar-refractivity contribution in [1.29, 1.82) is 0 Å². The van der Waals surface area contributed by atoms with Gasteiger partial charge in [0.15, 0.2) is 11.0 Å². The molecule has 6 aliphatic heterocycles. The molecule has 6 aliphatic rings. The SMILES string of the molecule is C.C.CC(=O)O.COC(=O)C1CC(=O)NC1c1ccc(F)cc1F.COC(=O)[C@@]1(Sc2ccc(C)cc2)CC(=O)NC1c1ccc(F)cc1F.Cc1ccc(S)cc1.N.N[C@H]1CC(=O)NC1c1ccc(F)cc1F.O=C1C=CC(=O)O1.O=C1C[C@H](C(=O)O)C(c2ccc(F)cc2F)N1.O=C1C[C@H](NC(=O)OCc2ccccc2)C(c2ccc(F)cc2F)N1.O=Cc1ccc(F)cc1F. The molecule has 5 fully saturated rings. The summed E-state index contributed by atoms with van der Waals surface area (Å²) in [5, 5.41) is 31.6. The third kappa shape index (κ3) is 33.3. The first-order valence-electron chi connectivity index (χ1n) is 38.4. The maximum Gasteiger partial charge on any atom is 0.407 e. The van der Waals surface area contributed by atoms with Crippen molar-refractivity contribution in [2.24, 2.45) is 17.6 Å². The Morgan fingerprint density at radius 3 is 1.27 bits per heavy atom. The number of aryl methyl sites for hydroxylation is 2. The predicted molar refractivity (Wildman–Crippen MR) is 461 cm³/mol. The number of thiol groups is 1. The largest absolute Gasteiger partial charge is 0.481 e. The Labute approximate surface area is 763 Å². The number of nitrogens with one attached hydrogen (secondary N) is 6. The summed E-state index contributed by atoms with van der Waals surface area (Å²) in [5.74, 6) is -17.0. The summed E-state index contributed by atoms with van der Waals surface area (Å²) in [6.45, 7) is 5.16. The number of halogens is 12. The summed E-state index contributed by atoms with van der Waals surface area (Å²) in [6.07, 6.45) is 1.53. The third-order valence-corrected chi connectivity index (χ3v) is 20.8. The smallest absolute Gasteiger partial charge is 0.407 e. The van der Waals surface area contributed by atoms with Gasteiger partial charge in [0, 0.05) is 125 Å². The van der Waals surface area contributed by atoms with Gasteiger partial charge in [0.1, 0.15) is 76.4 Å². The highest BCUT2D eigenvalue weighted by atomic mass is 32.2. The molecule has 0 aliphatic carbocycles. The number of aliphatic carboxylic acids is 2. The number of thioether (sulfide) groups is 1. The zero-order chi connectivity index (χ0) is 96.0. The number of methoxy groups -OCH3 is 2. The number of benzene rings is 9. The highest BCUT2D eigenvalue weighted by Gasteiger charge is 2.56. The maximum absolute atomic E-state index is 14.4. The molecule has 0 aromatic heterocycles. The fraction of sp³-hybridized carbons (Fsp3) is 0.250. The molecule has 0 bridgehead atoms. The lowest BCUT2D eigenvalue weighted by Crippen LogP contribution is -2.41. The minimum Gasteiger partial charge on any atom is -0.481 e. The van der Waals surface area contributed by atoms with Crippen molar-refractivity contribution in [2.75, 3.05) is 14.2 Å². The van der Waals surface area contributed by atoms with Crippen LogP contribution in [0.1, 0.15) is 139 Å². The Hall–Kier alpha value is -14.2. The van der Waals surface area contributed by atoms with Gasteiger partial charge in [-0.05, 0) is 86.1 Å². The second-order valence-electron chi connectivity index (χ2n) is 28.6. The Bertz CT molecular complexity index is 5620. The van der Waals surface area contributed by atoms with Gasteiger partial charge >= 0.3 is 35.9 Å². The van der Waals surface area contributed by atoms with Crippen LogP contribution in [0.5, 0.6) is 0 Å². The number of esters is 4. The normalized spacial score (nSPS) is 19.3. The van der Waals surface area contributed by atoms with Crippen LogP contribution in [0, 0.1) is 95.5 Å². The summed E-state index contributed by atoms with van der Waals surface area (Å²) < 4.78 is 175. The summed E-state index contributed by atoms with van der Waals surface area (Å²) in [4.78, 5) is 145. The first-order valence-corrected chi connectivity index (χ1v) is 39.7. The number of amides is 6. The molecule has 10 atom stereocenters. The van der Waals surface area contributed by atoms with Crippen molar-refractivity contribution in [3.05, 3.63) is 320 Å². The lowest BCUT2D eigenvalue weighted by molar-refractivity contribution is -0.150. The minimum atomic E-state index is -1.39. The highest BCUT2D eigenvalue weighted by Crippen LogP contribution is 2.50. The number of alkyl carbamates (subject to hydrolysis) is 1. The van der Waals surface area contributed by atoms with E-state index in [9.17, 15) is 110 Å². The summed E-state index contributed by atoms with van der Waals surface area (Å²) >= 11 is 5.27. The molecule has 41 heteroatoms. The molecule has 27 nitrogen and oxygen atoms in total. The molecule has 6 amide bonds. The van der Waals surface area contributed by atoms with E-state index >= 15 is 0 Å². The van der Waals surface area contributed by atoms with Gasteiger partial charge in [0.25, 0.3) is 5.97 Å². The van der Waals surface area contributed by atoms with E-state index in [4.69, 9.17) is 30.2 Å². The fourth-order valence-electron chi connectivity index (χ4n) is 13.0. The van der Waals surface area contributed by atoms with Gasteiger partial charge in [-0.2, -0.15) is 0 Å². The molecule has 15 rings (SSSR count). The average molecular weight is 1910 g/mol. The molecule has 9 aromatic carbocycles. The molecule has 710 valence electrons. The zero-order valence-corrected chi connectivity index (χ0v) is 71.3. The molecule has 133 heavy (non-hydrogen) atoms. The summed E-state index contributed by atoms with van der Waals surface area (Å²) in [7, 11) is 2.42. The van der Waals surface area contributed by atoms with Crippen molar-refractivity contribution < 1.29 is 144 Å². The monoisotopic (exact) mass is 1900 g/mol. The molecule has 0 saturated carbocycles. The van der Waals surface area contributed by atoms with Crippen molar-refractivity contribution in [3.8, 4) is 0 Å². The van der Waals surface area contributed by atoms with Crippen molar-refractivity contribution in [3.63, 3.8) is 0 Å². The number of carboxylic acid groups (broad SMARTS) is 2. The van der Waals surface area contributed by atoms with Gasteiger partial charge in [-0.3, -0.25) is 47.9 Å². The van der Waals surface area contributed by atoms with Gasteiger partial charge in [-0.1, -0.05) is 111 Å². The van der Waals surface area contributed by atoms with E-state index in [0.29, 0.717) is 24.5 Å². The Kier molecular flexibility index (Phi) is 44.0. The van der Waals surface area contributed by atoms with Gasteiger partial charge in [-0.25, -0.2) is 67.1 Å². The van der Waals surface area contributed by atoms with E-state index < -0.39 is 182 Å². The van der Waals surface area contributed by atoms with Crippen molar-refractivity contribution >= 4 is 102 Å². The fourth-order valence-corrected chi connectivity index (χ4v) is 14.5. The highest BCUT2D eigenvalue weighted by molar-refractivity contribution is 8.01. The second-order valence-corrected chi connectivity index (χ2v) is 30.5. The first kappa shape index (κ1) is 111. The number of rotatable bonds is 14. The van der Waals surface area contributed by atoms with Crippen LogP contribution in [0.4, 0.5) is 57.5 Å². The predicted octanol–water partition coefficient (Wildman–Crippen LogP) is 15.0. The number of ether oxygens (including phenoxy) is 4. The number of hydrogen-bond donors (Lipinski definition) is 11. The number of carboxylic acids is 2. The van der Waals surface area contributed by atoms with Crippen molar-refractivity contribution in [2.45, 2.75) is 131 Å². The molecule has 5 saturated heterocycles. The lowest BCUT2D eigenvalue weighted by atomic mass is 9.92. The zero-order valence-electron chi connectivity index (χ0n) is 69.6. The third-order valence-electron chi connectivity index (χ3n) is 19.1. The number of carbonyl (C=O) groups excluding carboxylic acids is 11. The molecule has 6 heterocycles. The molecule has 0 radical (unpaired) electrons. The van der Waals surface area contributed by atoms with Crippen LogP contribution in [0.25, 0.3) is 0 Å². The van der Waals surface area contributed by atoms with Gasteiger partial charge < -0.3 is 72.9 Å². The summed E-state index contributed by atoms with van der Waals surface area (Å²) in [5.41, 5.74) is 9.14. The Morgan fingerprint density at radius 2 is 0.880 bits per heavy atom. The van der Waals surface area contributed by atoms with Crippen LogP contribution in [0.3, 0.4) is 0 Å². The van der Waals surface area contributed by atoms with Crippen LogP contribution < -0.4 is 43.8 Å². The van der Waals surface area contributed by atoms with E-state index in [-0.39, 0.29) is 111 Å². The van der Waals surface area contributed by atoms with Gasteiger partial charge in [0.05, 0.1) is 74.3 Å². The first-order chi connectivity index (χ1) is 61.5. The summed E-state index contributed by atoms with van der Waals surface area (Å²) in [6, 6.07) is 37.4. The Balaban J connectivity index is 0.000000324. The average Bonchev–Trinajstić information content (AvgIpc) is 1.60. The number of aldehydes is 1. The van der Waals surface area contributed by atoms with Gasteiger partial charge in [-0.15, -0.1) is 24.4 Å². The van der Waals surface area contributed by atoms with Crippen molar-refractivity contribution in [1.82, 2.24) is 38.1 Å². The quantitative estimate of drug-likeness (QED) is 0.0120. The molecule has 0 spiro atoms. The molecule has 13 N–H and O–H groups in total. The van der Waals surface area contributed by atoms with Crippen LogP contribution >= 0.6 is 24.4 Å². The van der Waals surface area contributed by atoms with Gasteiger partial charge in [0.2, 0.25) is 29.5 Å². The second kappa shape index (κ2) is 52.6. The molecule has 9 aromatic rings. The standard InChI is InChI=1S/C19H17F2NO3S.C18H16F2N2O3.C12H11F2NO3.C11H9F2NO3.C10H10F2N2O.C7H4F2O.C7H8S.C4H2O3.C2H4O2.2CH4.H3N/c1-11-3-6-13(7-4-11)26-19(18(24)25-2)10-16(23)22-17(19)14-8-5-12(20)9-15(14)21;19-12-6-7-13(14(20)8-12)17-15(9-16(23)22-17)21-18(24)25-10-11-4-2-1-3-5-11;1-18-12(17)8-5-10(16)15-11(8)7-3-2-6(13)4-9(7)14;12-5-1-2-6(8(13)3-5)10-7(11(16)17)4-9(15)14-10;11-5-1-2-6(7(12)3-5)10-8(13)4-9(15)14-10;8-6-2-1-5(4-10)7(9)3-6;1-6-2-4-7(8)5-3-6;5-3-1-2-4(6)7-3;1-2(3)4;;;/h3-9,17H,10H2,1-2H3,(H,22,23);1-8,15,17H,9-10H2,(H,21,24)(H,22,23);2-4,8,11H,5H2,1H3,(H,15,16);1-3,7,10H,4H2,(H,14,15)(H,16,17);1-3,8,10H,4,13H2,(H,14,15);1-4H;2-5,8H,1H3;1-2H;1H3,(H,3,4);2*1H4;1H3/t17?,19-;15-,17?;;7-,10?;8-,10?;;;;;;;/m10.00......./s1. The van der Waals surface area contributed by atoms with E-state index in [1.54, 1.807) is 0 Å². The van der Waals surface area contributed by atoms with Crippen LogP contribution in [0.15, 0.2) is 210 Å². The van der Waals surface area contributed by atoms with Crippen LogP contribution in [-0.4, -0.2) is 119 Å². The van der Waals surface area contributed by atoms with E-state index in [1.165, 1.54) is 44.0 Å². The number of carbonyl (C=O) groups is 13.